The molecule has 0 amide bonds. The van der Waals surface area contributed by atoms with Gasteiger partial charge < -0.3 is 39.7 Å². The van der Waals surface area contributed by atoms with Gasteiger partial charge in [-0.25, -0.2) is 13.9 Å². The summed E-state index contributed by atoms with van der Waals surface area (Å²) in [4.78, 5) is 45.3. The zero-order chi connectivity index (χ0) is 27.0. The Bertz CT molecular complexity index is 1140. The lowest BCUT2D eigenvalue weighted by Crippen LogP contribution is -2.57. The van der Waals surface area contributed by atoms with E-state index < -0.39 is 88.4 Å². The number of aliphatic hydroxyl groups excluding tert-OH is 4. The average molecular weight is 580 g/mol. The van der Waals surface area contributed by atoms with Gasteiger partial charge in [0, 0.05) is 18.2 Å². The number of rotatable bonds is 9. The zero-order valence-electron chi connectivity index (χ0n) is 18.5. The van der Waals surface area contributed by atoms with Crippen molar-refractivity contribution in [1.29, 1.82) is 0 Å². The normalized spacial score (nSPS) is 36.3. The molecule has 0 saturated carbocycles. The van der Waals surface area contributed by atoms with Crippen LogP contribution in [-0.4, -0.2) is 95.0 Å². The molecule has 0 spiro atoms. The number of aromatic nitrogens is 2. The van der Waals surface area contributed by atoms with Crippen molar-refractivity contribution in [3.8, 4) is 0 Å². The first-order valence-electron chi connectivity index (χ1n) is 10.3. The minimum Gasteiger partial charge on any atom is -0.394 e. The molecule has 1 aromatic heterocycles. The van der Waals surface area contributed by atoms with Crippen molar-refractivity contribution in [2.75, 3.05) is 13.2 Å². The van der Waals surface area contributed by atoms with E-state index >= 15 is 0 Å². The molecular weight excluding hydrogens is 554 g/mol. The van der Waals surface area contributed by atoms with E-state index in [0.717, 1.165) is 4.57 Å². The maximum absolute atomic E-state index is 12.2. The fourth-order valence-corrected chi connectivity index (χ4v) is 5.96. The van der Waals surface area contributed by atoms with Crippen LogP contribution in [0.2, 0.25) is 0 Å². The molecule has 2 fully saturated rings. The Kier molecular flexibility index (Phi) is 9.40. The maximum Gasteiger partial charge on any atom is 0.483 e. The summed E-state index contributed by atoms with van der Waals surface area (Å²) in [5.41, 5.74) is -1.24. The third kappa shape index (κ3) is 6.92. The second-order valence-corrected chi connectivity index (χ2v) is 11.6. The molecule has 20 heteroatoms. The van der Waals surface area contributed by atoms with Crippen LogP contribution in [0.15, 0.2) is 15.8 Å². The van der Waals surface area contributed by atoms with Gasteiger partial charge in [-0.05, 0) is 6.92 Å². The van der Waals surface area contributed by atoms with Gasteiger partial charge in [0.25, 0.3) is 5.56 Å². The van der Waals surface area contributed by atoms with Gasteiger partial charge in [0.15, 0.2) is 6.29 Å². The molecule has 0 aliphatic carbocycles. The number of aliphatic hydroxyl groups is 4. The van der Waals surface area contributed by atoms with Gasteiger partial charge in [-0.2, -0.15) is 16.9 Å². The number of hydrogen-bond acceptors (Lipinski definition) is 14. The number of hydrogen-bond donors (Lipinski definition) is 8. The highest BCUT2D eigenvalue weighted by molar-refractivity contribution is 7.81. The monoisotopic (exact) mass is 580 g/mol. The van der Waals surface area contributed by atoms with Gasteiger partial charge in [-0.3, -0.25) is 23.4 Å². The van der Waals surface area contributed by atoms with Crippen LogP contribution in [0.4, 0.5) is 0 Å². The number of phosphoric ester groups is 2. The Labute approximate surface area is 207 Å². The van der Waals surface area contributed by atoms with E-state index in [-0.39, 0.29) is 12.0 Å². The molecule has 2 saturated heterocycles. The van der Waals surface area contributed by atoms with Gasteiger partial charge in [0.1, 0.15) is 18.4 Å². The average Bonchev–Trinajstić information content (AvgIpc) is 3.14. The summed E-state index contributed by atoms with van der Waals surface area (Å²) >= 11 is 3.95. The molecule has 36 heavy (non-hydrogen) atoms. The SMILES string of the molecule is Cc1cn([C@H]2C[C@@H](O)[C@@H](COP(=O)(O)OP(=O)(O)O[C@H]3OC(CO)[C@@H](S)[C@H](O)C3O)O2)c(=O)[nH]c1=O. The molecule has 0 radical (unpaired) electrons. The summed E-state index contributed by atoms with van der Waals surface area (Å²) in [6.45, 7) is -0.0999. The zero-order valence-corrected chi connectivity index (χ0v) is 21.1. The van der Waals surface area contributed by atoms with E-state index in [1.807, 2.05) is 0 Å². The van der Waals surface area contributed by atoms with Crippen molar-refractivity contribution < 1.29 is 62.2 Å². The molecule has 1 aromatic rings. The molecule has 206 valence electrons. The van der Waals surface area contributed by atoms with Gasteiger partial charge in [0.05, 0.1) is 36.8 Å². The number of aromatic amines is 1. The van der Waals surface area contributed by atoms with Crippen molar-refractivity contribution in [2.24, 2.45) is 0 Å². The number of phosphoric acid groups is 2. The number of nitrogens with zero attached hydrogens (tertiary/aromatic N) is 1. The molecule has 4 unspecified atom stereocenters. The number of thiol groups is 1. The predicted molar refractivity (Wildman–Crippen MR) is 119 cm³/mol. The fourth-order valence-electron chi connectivity index (χ4n) is 3.46. The second-order valence-electron chi connectivity index (χ2n) is 8.03. The molecule has 7 N–H and O–H groups in total. The summed E-state index contributed by atoms with van der Waals surface area (Å²) < 4.78 is 49.2. The van der Waals surface area contributed by atoms with E-state index in [1.165, 1.54) is 13.1 Å². The van der Waals surface area contributed by atoms with Crippen LogP contribution in [0.25, 0.3) is 0 Å². The molecule has 0 bridgehead atoms. The van der Waals surface area contributed by atoms with Crippen LogP contribution in [0, 0.1) is 6.92 Å². The Hall–Kier alpha value is -0.950. The van der Waals surface area contributed by atoms with Crippen molar-refractivity contribution in [3.63, 3.8) is 0 Å². The first-order chi connectivity index (χ1) is 16.6. The van der Waals surface area contributed by atoms with Crippen LogP contribution in [0.5, 0.6) is 0 Å². The lowest BCUT2D eigenvalue weighted by Gasteiger charge is -2.40. The molecular formula is C16H26N2O15P2S. The Morgan fingerprint density at radius 1 is 1.14 bits per heavy atom. The summed E-state index contributed by atoms with van der Waals surface area (Å²) in [5, 5.41) is 38.2. The van der Waals surface area contributed by atoms with Crippen LogP contribution in [0.3, 0.4) is 0 Å². The summed E-state index contributed by atoms with van der Waals surface area (Å²) in [5.74, 6) is 0. The van der Waals surface area contributed by atoms with Gasteiger partial charge in [-0.15, -0.1) is 0 Å². The highest BCUT2D eigenvalue weighted by Crippen LogP contribution is 2.61. The highest BCUT2D eigenvalue weighted by atomic mass is 32.1. The Morgan fingerprint density at radius 3 is 2.44 bits per heavy atom. The second kappa shape index (κ2) is 11.4. The maximum atomic E-state index is 12.2. The van der Waals surface area contributed by atoms with Gasteiger partial charge in [0.2, 0.25) is 0 Å². The third-order valence-electron chi connectivity index (χ3n) is 5.35. The minimum absolute atomic E-state index is 0.158. The topological polar surface area (TPSA) is 257 Å². The van der Waals surface area contributed by atoms with E-state index in [2.05, 4.69) is 31.0 Å². The van der Waals surface area contributed by atoms with Crippen LogP contribution in [0.1, 0.15) is 18.2 Å². The molecule has 2 aliphatic rings. The standard InChI is InChI=1S/C16H26N2O15P2S/c1-6-3-18(16(24)17-14(6)23)10-2-7(20)9(30-10)5-29-34(25,26)33-35(27,28)32-15-12(22)11(21)13(36)8(4-19)31-15/h3,7-13,15,19-22,36H,2,4-5H2,1H3,(H,25,26)(H,27,28)(H,17,23,24)/t7-,8?,9-,10-,11-,12?,13-,15-/m1/s1. The number of nitrogens with one attached hydrogen (secondary N) is 1. The van der Waals surface area contributed by atoms with Crippen molar-refractivity contribution in [1.82, 2.24) is 9.55 Å². The summed E-state index contributed by atoms with van der Waals surface area (Å²) in [6.07, 6.45) is -9.46. The summed E-state index contributed by atoms with van der Waals surface area (Å²) in [6, 6.07) is 0. The first-order valence-corrected chi connectivity index (χ1v) is 13.8. The lowest BCUT2D eigenvalue weighted by molar-refractivity contribution is -0.241. The largest absolute Gasteiger partial charge is 0.483 e. The molecule has 2 aliphatic heterocycles. The third-order valence-corrected chi connectivity index (χ3v) is 8.59. The smallest absolute Gasteiger partial charge is 0.394 e. The molecule has 3 rings (SSSR count). The molecule has 17 nitrogen and oxygen atoms in total. The first kappa shape index (κ1) is 29.6. The van der Waals surface area contributed by atoms with E-state index in [9.17, 15) is 48.9 Å². The number of H-pyrrole nitrogens is 1. The van der Waals surface area contributed by atoms with Gasteiger partial charge >= 0.3 is 21.3 Å². The molecule has 10 atom stereocenters. The van der Waals surface area contributed by atoms with Crippen molar-refractivity contribution >= 4 is 28.3 Å². The Morgan fingerprint density at radius 2 is 1.81 bits per heavy atom. The van der Waals surface area contributed by atoms with Crippen LogP contribution in [-0.2, 0) is 32.0 Å². The van der Waals surface area contributed by atoms with E-state index in [1.54, 1.807) is 0 Å². The predicted octanol–water partition coefficient (Wildman–Crippen LogP) is -2.52. The van der Waals surface area contributed by atoms with Crippen molar-refractivity contribution in [3.05, 3.63) is 32.6 Å². The van der Waals surface area contributed by atoms with E-state index in [4.69, 9.17) is 9.47 Å². The quantitative estimate of drug-likeness (QED) is 0.111. The Balaban J connectivity index is 1.59. The minimum atomic E-state index is -5.48. The van der Waals surface area contributed by atoms with E-state index in [0.29, 0.717) is 0 Å². The van der Waals surface area contributed by atoms with Crippen LogP contribution < -0.4 is 11.2 Å². The number of aryl methyl sites for hydroxylation is 1. The highest BCUT2D eigenvalue weighted by Gasteiger charge is 2.48. The lowest BCUT2D eigenvalue weighted by atomic mass is 10.0. The van der Waals surface area contributed by atoms with Gasteiger partial charge in [-0.1, -0.05) is 0 Å². The molecule has 0 aromatic carbocycles. The van der Waals surface area contributed by atoms with Crippen LogP contribution >= 0.6 is 28.3 Å². The number of ether oxygens (including phenoxy) is 2. The molecule has 3 heterocycles. The van der Waals surface area contributed by atoms with Crippen molar-refractivity contribution in [2.45, 2.75) is 61.6 Å². The summed E-state index contributed by atoms with van der Waals surface area (Å²) in [7, 11) is -10.8. The fraction of sp³-hybridized carbons (Fsp3) is 0.750.